The van der Waals surface area contributed by atoms with Crippen LogP contribution in [0.25, 0.3) is 0 Å². The number of rotatable bonds is 8. The molecule has 0 rings (SSSR count). The maximum atomic E-state index is 10.9. The lowest BCUT2D eigenvalue weighted by Crippen LogP contribution is -2.07. The van der Waals surface area contributed by atoms with E-state index in [1.54, 1.807) is 6.92 Å². The number of aliphatic hydroxyl groups excluding tert-OH is 1. The van der Waals surface area contributed by atoms with Crippen LogP contribution in [0.2, 0.25) is 0 Å². The lowest BCUT2D eigenvalue weighted by Gasteiger charge is -2.04. The normalized spacial score (nSPS) is 9.86. The standard InChI is InChI=1S/C10H18O4/c1-9(2)10(12)14-7-4-3-6-13-8-5-11/h11H,1,3-8H2,2H3. The lowest BCUT2D eigenvalue weighted by molar-refractivity contribution is -0.139. The molecule has 0 aliphatic rings. The highest BCUT2D eigenvalue weighted by molar-refractivity contribution is 5.86. The maximum Gasteiger partial charge on any atom is 0.333 e. The Labute approximate surface area is 84.5 Å². The number of ether oxygens (including phenoxy) is 2. The van der Waals surface area contributed by atoms with Gasteiger partial charge in [0.1, 0.15) is 0 Å². The number of hydrogen-bond acceptors (Lipinski definition) is 4. The first kappa shape index (κ1) is 13.1. The van der Waals surface area contributed by atoms with Gasteiger partial charge in [-0.1, -0.05) is 6.58 Å². The molecular formula is C10H18O4. The molecule has 0 saturated heterocycles. The van der Waals surface area contributed by atoms with E-state index >= 15 is 0 Å². The highest BCUT2D eigenvalue weighted by atomic mass is 16.5. The second kappa shape index (κ2) is 8.72. The van der Waals surface area contributed by atoms with E-state index in [1.807, 2.05) is 0 Å². The van der Waals surface area contributed by atoms with Gasteiger partial charge in [0.05, 0.1) is 19.8 Å². The number of esters is 1. The van der Waals surface area contributed by atoms with Crippen molar-refractivity contribution in [2.45, 2.75) is 19.8 Å². The van der Waals surface area contributed by atoms with E-state index < -0.39 is 0 Å². The van der Waals surface area contributed by atoms with Crippen molar-refractivity contribution in [2.24, 2.45) is 0 Å². The topological polar surface area (TPSA) is 55.8 Å². The second-order valence-corrected chi connectivity index (χ2v) is 2.96. The smallest absolute Gasteiger partial charge is 0.333 e. The number of aliphatic hydroxyl groups is 1. The Kier molecular flexibility index (Phi) is 8.17. The molecule has 0 aromatic carbocycles. The first-order chi connectivity index (χ1) is 6.68. The van der Waals surface area contributed by atoms with Crippen LogP contribution >= 0.6 is 0 Å². The Balaban J connectivity index is 3.13. The third-order valence-electron chi connectivity index (χ3n) is 1.50. The molecule has 0 spiro atoms. The van der Waals surface area contributed by atoms with Crippen molar-refractivity contribution in [1.82, 2.24) is 0 Å². The SMILES string of the molecule is C=C(C)C(=O)OCCCCOCCO. The van der Waals surface area contributed by atoms with Gasteiger partial charge in [-0.15, -0.1) is 0 Å². The fraction of sp³-hybridized carbons (Fsp3) is 0.700. The molecule has 4 heteroatoms. The molecule has 0 aromatic rings. The van der Waals surface area contributed by atoms with Crippen LogP contribution in [0.1, 0.15) is 19.8 Å². The van der Waals surface area contributed by atoms with E-state index in [9.17, 15) is 4.79 Å². The predicted molar refractivity (Wildman–Crippen MR) is 52.9 cm³/mol. The molecule has 0 heterocycles. The fourth-order valence-electron chi connectivity index (χ4n) is 0.761. The summed E-state index contributed by atoms with van der Waals surface area (Å²) < 4.78 is 9.90. The summed E-state index contributed by atoms with van der Waals surface area (Å²) >= 11 is 0. The maximum absolute atomic E-state index is 10.9. The molecule has 0 aromatic heterocycles. The van der Waals surface area contributed by atoms with Crippen molar-refractivity contribution in [3.8, 4) is 0 Å². The van der Waals surface area contributed by atoms with Crippen LogP contribution in [0.4, 0.5) is 0 Å². The van der Waals surface area contributed by atoms with Gasteiger partial charge in [0.2, 0.25) is 0 Å². The molecule has 82 valence electrons. The van der Waals surface area contributed by atoms with Crippen molar-refractivity contribution in [2.75, 3.05) is 26.4 Å². The van der Waals surface area contributed by atoms with Gasteiger partial charge in [0, 0.05) is 12.2 Å². The molecule has 14 heavy (non-hydrogen) atoms. The largest absolute Gasteiger partial charge is 0.462 e. The van der Waals surface area contributed by atoms with E-state index in [4.69, 9.17) is 14.6 Å². The summed E-state index contributed by atoms with van der Waals surface area (Å²) in [6.07, 6.45) is 1.59. The summed E-state index contributed by atoms with van der Waals surface area (Å²) in [5, 5.41) is 8.40. The molecule has 1 N–H and O–H groups in total. The lowest BCUT2D eigenvalue weighted by atomic mass is 10.3. The van der Waals surface area contributed by atoms with E-state index in [-0.39, 0.29) is 12.6 Å². The Hall–Kier alpha value is -0.870. The van der Waals surface area contributed by atoms with E-state index in [0.29, 0.717) is 25.4 Å². The molecule has 0 radical (unpaired) electrons. The van der Waals surface area contributed by atoms with Gasteiger partial charge in [0.15, 0.2) is 0 Å². The zero-order chi connectivity index (χ0) is 10.8. The van der Waals surface area contributed by atoms with Crippen molar-refractivity contribution in [3.63, 3.8) is 0 Å². The van der Waals surface area contributed by atoms with E-state index in [2.05, 4.69) is 6.58 Å². The molecule has 0 bridgehead atoms. The second-order valence-electron chi connectivity index (χ2n) is 2.96. The van der Waals surface area contributed by atoms with Crippen molar-refractivity contribution in [1.29, 1.82) is 0 Å². The quantitative estimate of drug-likeness (QED) is 0.361. The number of carbonyl (C=O) groups excluding carboxylic acids is 1. The van der Waals surface area contributed by atoms with Crippen molar-refractivity contribution >= 4 is 5.97 Å². The number of unbranched alkanes of at least 4 members (excludes halogenated alkanes) is 1. The minimum Gasteiger partial charge on any atom is -0.462 e. The molecule has 0 amide bonds. The summed E-state index contributed by atoms with van der Waals surface area (Å²) in [6, 6.07) is 0. The van der Waals surface area contributed by atoms with Crippen LogP contribution in [0, 0.1) is 0 Å². The summed E-state index contributed by atoms with van der Waals surface area (Å²) in [4.78, 5) is 10.9. The Morgan fingerprint density at radius 1 is 1.29 bits per heavy atom. The van der Waals surface area contributed by atoms with Crippen molar-refractivity contribution < 1.29 is 19.4 Å². The predicted octanol–water partition coefficient (Wildman–Crippen LogP) is 0.895. The Morgan fingerprint density at radius 3 is 2.50 bits per heavy atom. The first-order valence-corrected chi connectivity index (χ1v) is 4.69. The molecule has 0 aliphatic carbocycles. The average Bonchev–Trinajstić information content (AvgIpc) is 2.16. The molecule has 0 atom stereocenters. The van der Waals surface area contributed by atoms with Gasteiger partial charge in [-0.3, -0.25) is 0 Å². The third-order valence-corrected chi connectivity index (χ3v) is 1.50. The van der Waals surface area contributed by atoms with Gasteiger partial charge in [-0.05, 0) is 19.8 Å². The molecule has 0 fully saturated rings. The minimum atomic E-state index is -0.346. The average molecular weight is 202 g/mol. The van der Waals surface area contributed by atoms with Crippen LogP contribution in [-0.2, 0) is 14.3 Å². The fourth-order valence-corrected chi connectivity index (χ4v) is 0.761. The molecular weight excluding hydrogens is 184 g/mol. The summed E-state index contributed by atoms with van der Waals surface area (Å²) in [6.45, 7) is 6.48. The Bertz CT molecular complexity index is 177. The summed E-state index contributed by atoms with van der Waals surface area (Å²) in [5.74, 6) is -0.346. The molecule has 0 unspecified atom stereocenters. The zero-order valence-electron chi connectivity index (χ0n) is 8.62. The zero-order valence-corrected chi connectivity index (χ0v) is 8.62. The third kappa shape index (κ3) is 7.76. The van der Waals surface area contributed by atoms with Crippen LogP contribution in [0.15, 0.2) is 12.2 Å². The highest BCUT2D eigenvalue weighted by Gasteiger charge is 2.01. The highest BCUT2D eigenvalue weighted by Crippen LogP contribution is 1.96. The van der Waals surface area contributed by atoms with Crippen LogP contribution in [0.5, 0.6) is 0 Å². The number of hydrogen-bond donors (Lipinski definition) is 1. The van der Waals surface area contributed by atoms with Gasteiger partial charge in [0.25, 0.3) is 0 Å². The van der Waals surface area contributed by atoms with Gasteiger partial charge in [-0.25, -0.2) is 4.79 Å². The summed E-state index contributed by atoms with van der Waals surface area (Å²) in [7, 11) is 0. The molecule has 4 nitrogen and oxygen atoms in total. The first-order valence-electron chi connectivity index (χ1n) is 4.69. The Morgan fingerprint density at radius 2 is 1.93 bits per heavy atom. The molecule has 0 aliphatic heterocycles. The van der Waals surface area contributed by atoms with E-state index in [1.165, 1.54) is 0 Å². The van der Waals surface area contributed by atoms with Crippen molar-refractivity contribution in [3.05, 3.63) is 12.2 Å². The van der Waals surface area contributed by atoms with E-state index in [0.717, 1.165) is 12.8 Å². The number of carbonyl (C=O) groups is 1. The van der Waals surface area contributed by atoms with Crippen LogP contribution in [-0.4, -0.2) is 37.5 Å². The van der Waals surface area contributed by atoms with Gasteiger partial charge < -0.3 is 14.6 Å². The molecule has 0 saturated carbocycles. The van der Waals surface area contributed by atoms with Crippen LogP contribution < -0.4 is 0 Å². The summed E-state index contributed by atoms with van der Waals surface area (Å²) in [5.41, 5.74) is 0.418. The van der Waals surface area contributed by atoms with Gasteiger partial charge >= 0.3 is 5.97 Å². The van der Waals surface area contributed by atoms with Gasteiger partial charge in [-0.2, -0.15) is 0 Å². The van der Waals surface area contributed by atoms with Crippen LogP contribution in [0.3, 0.4) is 0 Å². The monoisotopic (exact) mass is 202 g/mol. The minimum absolute atomic E-state index is 0.0463.